The zero-order chi connectivity index (χ0) is 19.2. The maximum absolute atomic E-state index is 12.3. The average molecular weight is 384 g/mol. The first-order valence-electron chi connectivity index (χ1n) is 9.17. The Morgan fingerprint density at radius 1 is 1.04 bits per heavy atom. The first-order valence-corrected chi connectivity index (χ1v) is 10.2. The fourth-order valence-electron chi connectivity index (χ4n) is 3.13. The summed E-state index contributed by atoms with van der Waals surface area (Å²) in [7, 11) is 0. The van der Waals surface area contributed by atoms with E-state index in [1.54, 1.807) is 0 Å². The van der Waals surface area contributed by atoms with E-state index in [4.69, 9.17) is 0 Å². The van der Waals surface area contributed by atoms with Gasteiger partial charge in [-0.1, -0.05) is 0 Å². The number of rotatable bonds is 6. The van der Waals surface area contributed by atoms with Crippen LogP contribution in [0.2, 0.25) is 0 Å². The van der Waals surface area contributed by atoms with Gasteiger partial charge in [-0.05, 0) is 67.8 Å². The van der Waals surface area contributed by atoms with E-state index in [0.29, 0.717) is 5.75 Å². The molecule has 0 spiro atoms. The third-order valence-corrected chi connectivity index (χ3v) is 5.51. The minimum Gasteiger partial charge on any atom is -0.372 e. The molecule has 0 unspecified atom stereocenters. The molecule has 3 rings (SSSR count). The number of anilines is 3. The van der Waals surface area contributed by atoms with Crippen molar-refractivity contribution in [3.05, 3.63) is 48.0 Å². The molecule has 0 bridgehead atoms. The molecule has 0 saturated carbocycles. The summed E-state index contributed by atoms with van der Waals surface area (Å²) in [5, 5.41) is 5.73. The minimum absolute atomic E-state index is 0.0250. The van der Waals surface area contributed by atoms with Gasteiger partial charge in [-0.3, -0.25) is 9.59 Å². The molecule has 1 aliphatic rings. The molecule has 1 aliphatic heterocycles. The van der Waals surface area contributed by atoms with Crippen molar-refractivity contribution in [1.82, 2.24) is 0 Å². The van der Waals surface area contributed by atoms with Crippen molar-refractivity contribution in [2.75, 3.05) is 34.4 Å². The number of nitrogens with one attached hydrogen (secondary N) is 2. The molecule has 1 heterocycles. The SMILES string of the molecule is CC(=O)Nc1ccc(SCC(=O)Nc2ccc(N3CCCC3)cc2C)cc1. The Balaban J connectivity index is 1.52. The number of nitrogens with zero attached hydrogens (tertiary/aromatic N) is 1. The van der Waals surface area contributed by atoms with E-state index >= 15 is 0 Å². The molecular formula is C21H25N3O2S. The molecular weight excluding hydrogens is 358 g/mol. The van der Waals surface area contributed by atoms with E-state index in [2.05, 4.69) is 27.7 Å². The molecule has 142 valence electrons. The molecule has 2 amide bonds. The molecule has 2 N–H and O–H groups in total. The van der Waals surface area contributed by atoms with Crippen molar-refractivity contribution in [1.29, 1.82) is 0 Å². The van der Waals surface area contributed by atoms with E-state index in [0.717, 1.165) is 34.9 Å². The van der Waals surface area contributed by atoms with Crippen molar-refractivity contribution < 1.29 is 9.59 Å². The lowest BCUT2D eigenvalue weighted by molar-refractivity contribution is -0.114. The smallest absolute Gasteiger partial charge is 0.234 e. The lowest BCUT2D eigenvalue weighted by atomic mass is 10.1. The van der Waals surface area contributed by atoms with Crippen molar-refractivity contribution in [3.63, 3.8) is 0 Å². The van der Waals surface area contributed by atoms with Gasteiger partial charge in [-0.2, -0.15) is 0 Å². The van der Waals surface area contributed by atoms with E-state index < -0.39 is 0 Å². The van der Waals surface area contributed by atoms with Crippen molar-refractivity contribution in [3.8, 4) is 0 Å². The molecule has 0 atom stereocenters. The summed E-state index contributed by atoms with van der Waals surface area (Å²) in [5.41, 5.74) is 3.93. The topological polar surface area (TPSA) is 61.4 Å². The van der Waals surface area contributed by atoms with E-state index in [1.807, 2.05) is 37.3 Å². The second kappa shape index (κ2) is 8.95. The molecule has 27 heavy (non-hydrogen) atoms. The van der Waals surface area contributed by atoms with Gasteiger partial charge in [0.15, 0.2) is 0 Å². The highest BCUT2D eigenvalue weighted by molar-refractivity contribution is 8.00. The lowest BCUT2D eigenvalue weighted by Gasteiger charge is -2.19. The van der Waals surface area contributed by atoms with Crippen molar-refractivity contribution in [2.45, 2.75) is 31.6 Å². The summed E-state index contributed by atoms with van der Waals surface area (Å²) >= 11 is 1.47. The maximum Gasteiger partial charge on any atom is 0.234 e. The number of hydrogen-bond acceptors (Lipinski definition) is 4. The summed E-state index contributed by atoms with van der Waals surface area (Å²) < 4.78 is 0. The van der Waals surface area contributed by atoms with Gasteiger partial charge in [0, 0.05) is 42.0 Å². The predicted molar refractivity (Wildman–Crippen MR) is 113 cm³/mol. The molecule has 0 aromatic heterocycles. The summed E-state index contributed by atoms with van der Waals surface area (Å²) in [4.78, 5) is 26.7. The number of benzene rings is 2. The number of hydrogen-bond donors (Lipinski definition) is 2. The third kappa shape index (κ3) is 5.50. The summed E-state index contributed by atoms with van der Waals surface area (Å²) in [6.07, 6.45) is 2.50. The summed E-state index contributed by atoms with van der Waals surface area (Å²) in [5.74, 6) is 0.219. The molecule has 2 aromatic rings. The van der Waals surface area contributed by atoms with Crippen LogP contribution >= 0.6 is 11.8 Å². The van der Waals surface area contributed by atoms with Gasteiger partial charge in [0.05, 0.1) is 5.75 Å². The number of amides is 2. The van der Waals surface area contributed by atoms with Crippen LogP contribution in [0.25, 0.3) is 0 Å². The zero-order valence-electron chi connectivity index (χ0n) is 15.7. The Morgan fingerprint density at radius 3 is 2.37 bits per heavy atom. The van der Waals surface area contributed by atoms with Crippen LogP contribution in [0.1, 0.15) is 25.3 Å². The average Bonchev–Trinajstić information content (AvgIpc) is 3.17. The van der Waals surface area contributed by atoms with Crippen LogP contribution in [0.3, 0.4) is 0 Å². The van der Waals surface area contributed by atoms with Crippen LogP contribution < -0.4 is 15.5 Å². The van der Waals surface area contributed by atoms with E-state index in [1.165, 1.54) is 37.2 Å². The standard InChI is InChI=1S/C21H25N3O2S/c1-15-13-18(24-11-3-4-12-24)7-10-20(15)23-21(26)14-27-19-8-5-17(6-9-19)22-16(2)25/h5-10,13H,3-4,11-12,14H2,1-2H3,(H,22,25)(H,23,26). The maximum atomic E-state index is 12.3. The molecule has 0 aliphatic carbocycles. The quantitative estimate of drug-likeness (QED) is 0.731. The molecule has 0 radical (unpaired) electrons. The molecule has 5 nitrogen and oxygen atoms in total. The number of carbonyl (C=O) groups is 2. The Morgan fingerprint density at radius 2 is 1.74 bits per heavy atom. The van der Waals surface area contributed by atoms with Crippen molar-refractivity contribution in [2.24, 2.45) is 0 Å². The third-order valence-electron chi connectivity index (χ3n) is 4.50. The van der Waals surface area contributed by atoms with E-state index in [-0.39, 0.29) is 11.8 Å². The van der Waals surface area contributed by atoms with Crippen molar-refractivity contribution >= 4 is 40.6 Å². The van der Waals surface area contributed by atoms with Gasteiger partial charge < -0.3 is 15.5 Å². The highest BCUT2D eigenvalue weighted by atomic mass is 32.2. The number of thioether (sulfide) groups is 1. The predicted octanol–water partition coefficient (Wildman–Crippen LogP) is 4.28. The number of carbonyl (C=O) groups excluding carboxylic acids is 2. The molecule has 2 aromatic carbocycles. The highest BCUT2D eigenvalue weighted by Crippen LogP contribution is 2.26. The highest BCUT2D eigenvalue weighted by Gasteiger charge is 2.13. The van der Waals surface area contributed by atoms with Crippen LogP contribution in [0.5, 0.6) is 0 Å². The Labute approximate surface area is 164 Å². The van der Waals surface area contributed by atoms with Gasteiger partial charge in [-0.15, -0.1) is 11.8 Å². The molecule has 1 fully saturated rings. The molecule has 1 saturated heterocycles. The summed E-state index contributed by atoms with van der Waals surface area (Å²) in [6, 6.07) is 13.7. The van der Waals surface area contributed by atoms with Gasteiger partial charge >= 0.3 is 0 Å². The largest absolute Gasteiger partial charge is 0.372 e. The minimum atomic E-state index is -0.0964. The van der Waals surface area contributed by atoms with Gasteiger partial charge in [0.2, 0.25) is 11.8 Å². The second-order valence-electron chi connectivity index (χ2n) is 6.74. The second-order valence-corrected chi connectivity index (χ2v) is 7.78. The van der Waals surface area contributed by atoms with Gasteiger partial charge in [0.1, 0.15) is 0 Å². The lowest BCUT2D eigenvalue weighted by Crippen LogP contribution is -2.18. The fourth-order valence-corrected chi connectivity index (χ4v) is 3.83. The Kier molecular flexibility index (Phi) is 6.40. The van der Waals surface area contributed by atoms with Crippen LogP contribution in [-0.2, 0) is 9.59 Å². The fraction of sp³-hybridized carbons (Fsp3) is 0.333. The first kappa shape index (κ1) is 19.3. The Bertz CT molecular complexity index is 815. The van der Waals surface area contributed by atoms with Crippen LogP contribution in [0, 0.1) is 6.92 Å². The van der Waals surface area contributed by atoms with Crippen LogP contribution in [-0.4, -0.2) is 30.7 Å². The van der Waals surface area contributed by atoms with Crippen LogP contribution in [0.4, 0.5) is 17.1 Å². The molecule has 6 heteroatoms. The number of aryl methyl sites for hydroxylation is 1. The van der Waals surface area contributed by atoms with E-state index in [9.17, 15) is 9.59 Å². The van der Waals surface area contributed by atoms with Crippen LogP contribution in [0.15, 0.2) is 47.4 Å². The summed E-state index contributed by atoms with van der Waals surface area (Å²) in [6.45, 7) is 5.74. The monoisotopic (exact) mass is 383 g/mol. The normalized spacial score (nSPS) is 13.5. The van der Waals surface area contributed by atoms with Gasteiger partial charge in [0.25, 0.3) is 0 Å². The Hall–Kier alpha value is -2.47. The first-order chi connectivity index (χ1) is 13.0. The van der Waals surface area contributed by atoms with Gasteiger partial charge in [-0.25, -0.2) is 0 Å². The zero-order valence-corrected chi connectivity index (χ0v) is 16.6.